The van der Waals surface area contributed by atoms with Gasteiger partial charge in [-0.3, -0.25) is 19.2 Å². The molecule has 1 N–H and O–H groups in total. The number of unbranched alkanes of at least 4 members (excludes halogenated alkanes) is 3. The Morgan fingerprint density at radius 1 is 1.13 bits per heavy atom. The van der Waals surface area contributed by atoms with E-state index in [9.17, 15) is 45.9 Å². The van der Waals surface area contributed by atoms with Crippen molar-refractivity contribution in [3.8, 4) is 0 Å². The predicted molar refractivity (Wildman–Crippen MR) is 125 cm³/mol. The predicted octanol–water partition coefficient (Wildman–Crippen LogP) is 3.83. The number of benzene rings is 1. The van der Waals surface area contributed by atoms with Crippen LogP contribution in [0.5, 0.6) is 0 Å². The van der Waals surface area contributed by atoms with Gasteiger partial charge in [0.25, 0.3) is 11.8 Å². The van der Waals surface area contributed by atoms with Crippen molar-refractivity contribution in [1.82, 2.24) is 5.06 Å². The number of aliphatic carboxylic acids is 1. The van der Waals surface area contributed by atoms with Crippen molar-refractivity contribution < 1.29 is 54.9 Å². The maximum Gasteiger partial charge on any atom is 0.525 e. The molecule has 0 fully saturated rings. The molecule has 2 unspecified atom stereocenters. The van der Waals surface area contributed by atoms with Gasteiger partial charge < -0.3 is 9.84 Å². The van der Waals surface area contributed by atoms with E-state index in [2.05, 4.69) is 4.28 Å². The first-order valence-corrected chi connectivity index (χ1v) is 12.9. The van der Waals surface area contributed by atoms with Crippen LogP contribution in [0.25, 0.3) is 11.6 Å². The summed E-state index contributed by atoms with van der Waals surface area (Å²) in [6.45, 7) is 3.25. The number of imide groups is 1. The first-order valence-electron chi connectivity index (χ1n) is 11.5. The van der Waals surface area contributed by atoms with E-state index in [0.29, 0.717) is 12.8 Å². The van der Waals surface area contributed by atoms with Gasteiger partial charge in [-0.25, -0.2) is 0 Å². The molecule has 0 radical (unpaired) electrons. The van der Waals surface area contributed by atoms with Crippen LogP contribution in [0.4, 0.5) is 13.2 Å². The number of hydrogen-bond donors (Lipinski definition) is 1. The topological polar surface area (TPSA) is 144 Å². The molecule has 2 aliphatic rings. The molecule has 10 nitrogen and oxygen atoms in total. The molecular weight excluding hydrogens is 535 g/mol. The summed E-state index contributed by atoms with van der Waals surface area (Å²) in [6, 6.07) is 3.96. The van der Waals surface area contributed by atoms with Gasteiger partial charge in [0.1, 0.15) is 5.60 Å². The van der Waals surface area contributed by atoms with Crippen LogP contribution in [0.1, 0.15) is 67.4 Å². The maximum absolute atomic E-state index is 13.1. The van der Waals surface area contributed by atoms with Gasteiger partial charge in [-0.1, -0.05) is 50.8 Å². The number of carboxylic acids is 1. The Kier molecular flexibility index (Phi) is 8.17. The Morgan fingerprint density at radius 2 is 1.82 bits per heavy atom. The Balaban J connectivity index is 2.01. The van der Waals surface area contributed by atoms with Gasteiger partial charge in [-0.05, 0) is 37.1 Å². The van der Waals surface area contributed by atoms with Crippen LogP contribution in [0.3, 0.4) is 0 Å². The highest BCUT2D eigenvalue weighted by atomic mass is 32.2. The largest absolute Gasteiger partial charge is 0.525 e. The summed E-state index contributed by atoms with van der Waals surface area (Å²) in [5.74, 6) is -7.05. The fourth-order valence-electron chi connectivity index (χ4n) is 4.01. The van der Waals surface area contributed by atoms with Crippen molar-refractivity contribution in [2.24, 2.45) is 5.92 Å². The van der Waals surface area contributed by atoms with Crippen LogP contribution in [0.15, 0.2) is 30.4 Å². The second kappa shape index (κ2) is 10.7. The normalized spacial score (nSPS) is 19.9. The van der Waals surface area contributed by atoms with E-state index in [-0.39, 0.29) is 23.1 Å². The fraction of sp³-hybridized carbons (Fsp3) is 0.417. The third kappa shape index (κ3) is 5.80. The third-order valence-electron chi connectivity index (χ3n) is 5.93. The van der Waals surface area contributed by atoms with E-state index in [0.717, 1.165) is 25.0 Å². The standard InChI is InChI=1S/C24H24F3NO9S/c1-3-4-5-6-9-16(21(31)32)22(33)36-23(2)12-11-14-8-7-10-15-18(14)17(13-23)20(30)28(19(15)29)37-38(34,35)24(25,26)27/h7-8,10-13,16H,3-6,9H2,1-2H3,(H,31,32). The number of hydroxylamine groups is 2. The Hall–Kier alpha value is -3.52. The van der Waals surface area contributed by atoms with Crippen LogP contribution in [0.2, 0.25) is 0 Å². The molecule has 38 heavy (non-hydrogen) atoms. The number of carboxylic acid groups (broad SMARTS) is 1. The number of carbonyl (C=O) groups excluding carboxylic acids is 3. The molecule has 14 heteroatoms. The Labute approximate surface area is 215 Å². The van der Waals surface area contributed by atoms with Gasteiger partial charge >= 0.3 is 27.6 Å². The van der Waals surface area contributed by atoms with Gasteiger partial charge in [0.15, 0.2) is 5.92 Å². The highest BCUT2D eigenvalue weighted by Gasteiger charge is 2.52. The Bertz CT molecular complexity index is 1330. The minimum Gasteiger partial charge on any atom is -0.481 e. The number of hydrogen-bond acceptors (Lipinski definition) is 8. The van der Waals surface area contributed by atoms with E-state index in [1.165, 1.54) is 31.2 Å². The average Bonchev–Trinajstić information content (AvgIpc) is 2.96. The van der Waals surface area contributed by atoms with Crippen LogP contribution in [-0.2, 0) is 33.5 Å². The van der Waals surface area contributed by atoms with Crippen molar-refractivity contribution in [3.05, 3.63) is 47.0 Å². The van der Waals surface area contributed by atoms with E-state index >= 15 is 0 Å². The molecule has 3 rings (SSSR count). The lowest BCUT2D eigenvalue weighted by molar-refractivity contribution is -0.164. The molecule has 2 atom stereocenters. The van der Waals surface area contributed by atoms with Crippen LogP contribution < -0.4 is 0 Å². The minimum absolute atomic E-state index is 0.000736. The fourth-order valence-corrected chi connectivity index (χ4v) is 4.42. The highest BCUT2D eigenvalue weighted by Crippen LogP contribution is 2.39. The zero-order valence-corrected chi connectivity index (χ0v) is 21.1. The molecule has 1 aromatic rings. The van der Waals surface area contributed by atoms with Gasteiger partial charge in [-0.2, -0.15) is 21.6 Å². The smallest absolute Gasteiger partial charge is 0.481 e. The number of nitrogens with zero attached hydrogens (tertiary/aromatic N) is 1. The SMILES string of the molecule is CCCCCCC(C(=O)O)C(=O)OC1(C)C=Cc2cccc3c2C(=C1)C(=O)N(OS(=O)(=O)C(F)(F)F)C3=O. The second-order valence-corrected chi connectivity index (χ2v) is 10.4. The molecular formula is C24H24F3NO9S. The number of amides is 2. The van der Waals surface area contributed by atoms with Crippen molar-refractivity contribution in [1.29, 1.82) is 0 Å². The molecule has 0 aromatic heterocycles. The highest BCUT2D eigenvalue weighted by molar-refractivity contribution is 7.87. The molecule has 1 aromatic carbocycles. The van der Waals surface area contributed by atoms with Crippen molar-refractivity contribution in [2.75, 3.05) is 0 Å². The second-order valence-electron chi connectivity index (χ2n) is 8.89. The minimum atomic E-state index is -6.39. The summed E-state index contributed by atoms with van der Waals surface area (Å²) >= 11 is 0. The van der Waals surface area contributed by atoms with Crippen molar-refractivity contribution in [3.63, 3.8) is 0 Å². The van der Waals surface area contributed by atoms with Crippen LogP contribution >= 0.6 is 0 Å². The Morgan fingerprint density at radius 3 is 2.42 bits per heavy atom. The molecule has 1 aliphatic carbocycles. The van der Waals surface area contributed by atoms with E-state index < -0.39 is 61.5 Å². The quantitative estimate of drug-likeness (QED) is 0.149. The molecule has 206 valence electrons. The number of alkyl halides is 3. The zero-order valence-electron chi connectivity index (χ0n) is 20.3. The summed E-state index contributed by atoms with van der Waals surface area (Å²) in [4.78, 5) is 50.4. The van der Waals surface area contributed by atoms with Crippen LogP contribution in [-0.4, -0.2) is 53.4 Å². The summed E-state index contributed by atoms with van der Waals surface area (Å²) in [5.41, 5.74) is -8.36. The molecule has 0 bridgehead atoms. The molecule has 0 spiro atoms. The molecule has 0 saturated heterocycles. The lowest BCUT2D eigenvalue weighted by Crippen LogP contribution is -2.46. The van der Waals surface area contributed by atoms with E-state index in [1.54, 1.807) is 0 Å². The number of esters is 1. The maximum atomic E-state index is 13.1. The van der Waals surface area contributed by atoms with Crippen molar-refractivity contribution in [2.45, 2.75) is 57.1 Å². The average molecular weight is 560 g/mol. The number of carbonyl (C=O) groups is 4. The number of ether oxygens (including phenoxy) is 1. The van der Waals surface area contributed by atoms with Gasteiger partial charge in [0, 0.05) is 5.56 Å². The van der Waals surface area contributed by atoms with Gasteiger partial charge in [0.05, 0.1) is 11.1 Å². The lowest BCUT2D eigenvalue weighted by Gasteiger charge is -2.29. The number of rotatable bonds is 10. The van der Waals surface area contributed by atoms with E-state index in [1.807, 2.05) is 6.92 Å². The zero-order chi connectivity index (χ0) is 28.5. The monoisotopic (exact) mass is 559 g/mol. The molecule has 1 heterocycles. The van der Waals surface area contributed by atoms with Crippen molar-refractivity contribution >= 4 is 45.5 Å². The summed E-state index contributed by atoms with van der Waals surface area (Å²) < 4.78 is 71.2. The number of halogens is 3. The van der Waals surface area contributed by atoms with Gasteiger partial charge in [0.2, 0.25) is 0 Å². The molecule has 1 aliphatic heterocycles. The molecule has 0 saturated carbocycles. The van der Waals surface area contributed by atoms with Gasteiger partial charge in [-0.15, -0.1) is 9.35 Å². The lowest BCUT2D eigenvalue weighted by atomic mass is 9.89. The summed E-state index contributed by atoms with van der Waals surface area (Å²) in [6.07, 6.45) is 6.57. The van der Waals surface area contributed by atoms with Crippen LogP contribution in [0, 0.1) is 5.92 Å². The summed E-state index contributed by atoms with van der Waals surface area (Å²) in [5, 5.41) is 9.01. The third-order valence-corrected chi connectivity index (χ3v) is 6.84. The first-order chi connectivity index (χ1) is 17.6. The molecule has 2 amide bonds. The first kappa shape index (κ1) is 29.0. The summed E-state index contributed by atoms with van der Waals surface area (Å²) in [7, 11) is -6.39. The van der Waals surface area contributed by atoms with E-state index in [4.69, 9.17) is 4.74 Å².